The number of benzene rings is 1. The van der Waals surface area contributed by atoms with Crippen LogP contribution < -0.4 is 0 Å². The molecule has 0 aliphatic heterocycles. The maximum Gasteiger partial charge on any atom is 0.338 e. The van der Waals surface area contributed by atoms with E-state index in [9.17, 15) is 14.4 Å². The zero-order chi connectivity index (χ0) is 13.5. The van der Waals surface area contributed by atoms with Crippen LogP contribution >= 0.6 is 0 Å². The van der Waals surface area contributed by atoms with Crippen molar-refractivity contribution < 1.29 is 23.9 Å². The molecule has 0 N–H and O–H groups in total. The van der Waals surface area contributed by atoms with Crippen molar-refractivity contribution >= 4 is 17.7 Å². The maximum absolute atomic E-state index is 11.6. The highest BCUT2D eigenvalue weighted by molar-refractivity contribution is 5.99. The second-order valence-electron chi connectivity index (χ2n) is 3.50. The summed E-state index contributed by atoms with van der Waals surface area (Å²) in [7, 11) is 0. The van der Waals surface area contributed by atoms with Crippen LogP contribution in [0.2, 0.25) is 0 Å². The summed E-state index contributed by atoms with van der Waals surface area (Å²) in [5.41, 5.74) is 0.755. The Morgan fingerprint density at radius 3 is 2.06 bits per heavy atom. The van der Waals surface area contributed by atoms with Crippen LogP contribution in [-0.4, -0.2) is 30.9 Å². The van der Waals surface area contributed by atoms with E-state index in [1.807, 2.05) is 0 Å². The Labute approximate surface area is 105 Å². The minimum atomic E-state index is -0.508. The largest absolute Gasteiger partial charge is 0.462 e. The lowest BCUT2D eigenvalue weighted by molar-refractivity contribution is -0.139. The SMILES string of the molecule is CCOC(=O)c1ccc(C(=O)COC(C)=O)cc1. The van der Waals surface area contributed by atoms with Gasteiger partial charge in [-0.15, -0.1) is 0 Å². The zero-order valence-corrected chi connectivity index (χ0v) is 10.3. The minimum absolute atomic E-state index is 0.298. The first-order valence-corrected chi connectivity index (χ1v) is 5.48. The van der Waals surface area contributed by atoms with Crippen LogP contribution in [0.15, 0.2) is 24.3 Å². The fraction of sp³-hybridized carbons (Fsp3) is 0.308. The van der Waals surface area contributed by atoms with Gasteiger partial charge in [0.25, 0.3) is 0 Å². The molecule has 0 unspecified atom stereocenters. The van der Waals surface area contributed by atoms with Crippen LogP contribution in [0.4, 0.5) is 0 Å². The summed E-state index contributed by atoms with van der Waals surface area (Å²) in [6.45, 7) is 2.95. The quantitative estimate of drug-likeness (QED) is 0.586. The van der Waals surface area contributed by atoms with E-state index >= 15 is 0 Å². The zero-order valence-electron chi connectivity index (χ0n) is 10.3. The molecule has 18 heavy (non-hydrogen) atoms. The van der Waals surface area contributed by atoms with E-state index in [1.165, 1.54) is 31.2 Å². The van der Waals surface area contributed by atoms with Gasteiger partial charge in [-0.1, -0.05) is 12.1 Å². The predicted molar refractivity (Wildman–Crippen MR) is 63.4 cm³/mol. The van der Waals surface area contributed by atoms with E-state index in [-0.39, 0.29) is 12.4 Å². The van der Waals surface area contributed by atoms with Crippen molar-refractivity contribution in [3.05, 3.63) is 35.4 Å². The summed E-state index contributed by atoms with van der Waals surface area (Å²) >= 11 is 0. The molecule has 0 heterocycles. The molecule has 96 valence electrons. The summed E-state index contributed by atoms with van der Waals surface area (Å²) in [6.07, 6.45) is 0. The first-order chi connectivity index (χ1) is 8.54. The third-order valence-corrected chi connectivity index (χ3v) is 2.12. The lowest BCUT2D eigenvalue weighted by atomic mass is 10.1. The van der Waals surface area contributed by atoms with Crippen LogP contribution in [0, 0.1) is 0 Å². The van der Waals surface area contributed by atoms with Crippen LogP contribution in [0.1, 0.15) is 34.6 Å². The third kappa shape index (κ3) is 4.01. The molecule has 1 aromatic carbocycles. The second kappa shape index (κ2) is 6.54. The van der Waals surface area contributed by atoms with Gasteiger partial charge in [-0.25, -0.2) is 4.79 Å². The van der Waals surface area contributed by atoms with Crippen molar-refractivity contribution in [3.8, 4) is 0 Å². The molecule has 0 amide bonds. The van der Waals surface area contributed by atoms with Gasteiger partial charge in [0, 0.05) is 12.5 Å². The molecular weight excluding hydrogens is 236 g/mol. The second-order valence-corrected chi connectivity index (χ2v) is 3.50. The molecule has 0 radical (unpaired) electrons. The summed E-state index contributed by atoms with van der Waals surface area (Å²) < 4.78 is 9.41. The average Bonchev–Trinajstić information content (AvgIpc) is 2.36. The first kappa shape index (κ1) is 13.9. The van der Waals surface area contributed by atoms with Gasteiger partial charge in [-0.2, -0.15) is 0 Å². The van der Waals surface area contributed by atoms with Crippen molar-refractivity contribution in [2.75, 3.05) is 13.2 Å². The Morgan fingerprint density at radius 2 is 1.56 bits per heavy atom. The van der Waals surface area contributed by atoms with Gasteiger partial charge in [-0.3, -0.25) is 9.59 Å². The minimum Gasteiger partial charge on any atom is -0.462 e. The lowest BCUT2D eigenvalue weighted by Crippen LogP contribution is -2.12. The summed E-state index contributed by atoms with van der Waals surface area (Å²) in [5.74, 6) is -1.26. The van der Waals surface area contributed by atoms with E-state index in [2.05, 4.69) is 4.74 Å². The number of hydrogen-bond donors (Lipinski definition) is 0. The number of ether oxygens (including phenoxy) is 2. The lowest BCUT2D eigenvalue weighted by Gasteiger charge is -2.04. The fourth-order valence-corrected chi connectivity index (χ4v) is 1.26. The molecule has 0 fully saturated rings. The molecule has 0 aliphatic rings. The molecule has 5 nitrogen and oxygen atoms in total. The summed E-state index contributed by atoms with van der Waals surface area (Å²) in [5, 5.41) is 0. The van der Waals surface area contributed by atoms with Crippen LogP contribution in [-0.2, 0) is 14.3 Å². The Hall–Kier alpha value is -2.17. The first-order valence-electron chi connectivity index (χ1n) is 5.48. The molecule has 0 spiro atoms. The average molecular weight is 250 g/mol. The number of carbonyl (C=O) groups excluding carboxylic acids is 3. The summed E-state index contributed by atoms with van der Waals surface area (Å²) in [6, 6.07) is 5.99. The van der Waals surface area contributed by atoms with E-state index in [4.69, 9.17) is 4.74 Å². The fourth-order valence-electron chi connectivity index (χ4n) is 1.26. The Balaban J connectivity index is 2.67. The Bertz CT molecular complexity index is 447. The molecule has 0 aromatic heterocycles. The number of esters is 2. The molecule has 0 aliphatic carbocycles. The summed E-state index contributed by atoms with van der Waals surface area (Å²) in [4.78, 5) is 33.5. The highest BCUT2D eigenvalue weighted by Gasteiger charge is 2.10. The van der Waals surface area contributed by atoms with Crippen molar-refractivity contribution in [2.24, 2.45) is 0 Å². The van der Waals surface area contributed by atoms with Gasteiger partial charge >= 0.3 is 11.9 Å². The van der Waals surface area contributed by atoms with Crippen molar-refractivity contribution in [2.45, 2.75) is 13.8 Å². The van der Waals surface area contributed by atoms with Gasteiger partial charge in [0.05, 0.1) is 12.2 Å². The Morgan fingerprint density at radius 1 is 1.00 bits per heavy atom. The van der Waals surface area contributed by atoms with Gasteiger partial charge in [0.2, 0.25) is 0 Å². The molecule has 1 aromatic rings. The molecule has 1 rings (SSSR count). The van der Waals surface area contributed by atoms with Gasteiger partial charge in [0.15, 0.2) is 12.4 Å². The van der Waals surface area contributed by atoms with Crippen LogP contribution in [0.5, 0.6) is 0 Å². The normalized spacial score (nSPS) is 9.67. The maximum atomic E-state index is 11.6. The van der Waals surface area contributed by atoms with E-state index in [1.54, 1.807) is 6.92 Å². The van der Waals surface area contributed by atoms with Gasteiger partial charge < -0.3 is 9.47 Å². The topological polar surface area (TPSA) is 69.7 Å². The number of hydrogen-bond acceptors (Lipinski definition) is 5. The number of ketones is 1. The van der Waals surface area contributed by atoms with Crippen molar-refractivity contribution in [3.63, 3.8) is 0 Å². The smallest absolute Gasteiger partial charge is 0.338 e. The Kier molecular flexibility index (Phi) is 5.05. The monoisotopic (exact) mass is 250 g/mol. The van der Waals surface area contributed by atoms with Gasteiger partial charge in [0.1, 0.15) is 0 Å². The van der Waals surface area contributed by atoms with Gasteiger partial charge in [-0.05, 0) is 19.1 Å². The highest BCUT2D eigenvalue weighted by atomic mass is 16.5. The standard InChI is InChI=1S/C13H14O5/c1-3-17-13(16)11-6-4-10(5-7-11)12(15)8-18-9(2)14/h4-7H,3,8H2,1-2H3. The van der Waals surface area contributed by atoms with E-state index in [0.29, 0.717) is 17.7 Å². The predicted octanol–water partition coefficient (Wildman–Crippen LogP) is 1.61. The molecule has 0 bridgehead atoms. The van der Waals surface area contributed by atoms with Crippen molar-refractivity contribution in [1.29, 1.82) is 0 Å². The molecule has 0 saturated carbocycles. The molecule has 5 heteroatoms. The number of Topliss-reactive ketones (excluding diaryl/α,β-unsaturated/α-hetero) is 1. The third-order valence-electron chi connectivity index (χ3n) is 2.12. The number of carbonyl (C=O) groups is 3. The number of rotatable bonds is 5. The van der Waals surface area contributed by atoms with E-state index in [0.717, 1.165) is 0 Å². The highest BCUT2D eigenvalue weighted by Crippen LogP contribution is 2.07. The molecule has 0 saturated heterocycles. The van der Waals surface area contributed by atoms with Crippen molar-refractivity contribution in [1.82, 2.24) is 0 Å². The van der Waals surface area contributed by atoms with Crippen LogP contribution in [0.25, 0.3) is 0 Å². The van der Waals surface area contributed by atoms with Crippen LogP contribution in [0.3, 0.4) is 0 Å². The molecule has 0 atom stereocenters. The van der Waals surface area contributed by atoms with E-state index < -0.39 is 11.9 Å². The molecular formula is C13H14O5.